The summed E-state index contributed by atoms with van der Waals surface area (Å²) in [4.78, 5) is 20.7. The molecular weight excluding hydrogens is 296 g/mol. The average Bonchev–Trinajstić information content (AvgIpc) is 3.25. The minimum Gasteiger partial charge on any atom is -0.384 e. The minimum absolute atomic E-state index is 0.194. The van der Waals surface area contributed by atoms with Crippen molar-refractivity contribution < 1.29 is 14.1 Å². The van der Waals surface area contributed by atoms with Crippen molar-refractivity contribution in [3.63, 3.8) is 0 Å². The van der Waals surface area contributed by atoms with Crippen LogP contribution in [0.25, 0.3) is 0 Å². The molecule has 128 valence electrons. The smallest absolute Gasteiger partial charge is 0.240 e. The van der Waals surface area contributed by atoms with E-state index in [-0.39, 0.29) is 5.91 Å². The first kappa shape index (κ1) is 16.4. The number of likely N-dealkylation sites (tertiary alicyclic amines) is 2. The molecule has 2 aliphatic heterocycles. The maximum atomic E-state index is 11.8. The van der Waals surface area contributed by atoms with E-state index in [1.165, 1.54) is 0 Å². The SMILES string of the molecule is COCCc1noc(CN2CCC[C@H]2[C@H]2CCCN2C(C)=O)n1. The second kappa shape index (κ2) is 7.40. The zero-order valence-electron chi connectivity index (χ0n) is 14.0. The quantitative estimate of drug-likeness (QED) is 0.784. The predicted molar refractivity (Wildman–Crippen MR) is 83.7 cm³/mol. The van der Waals surface area contributed by atoms with Gasteiger partial charge >= 0.3 is 0 Å². The van der Waals surface area contributed by atoms with Gasteiger partial charge in [-0.15, -0.1) is 0 Å². The van der Waals surface area contributed by atoms with E-state index < -0.39 is 0 Å². The Morgan fingerprint density at radius 1 is 1.30 bits per heavy atom. The van der Waals surface area contributed by atoms with E-state index in [1.54, 1.807) is 14.0 Å². The van der Waals surface area contributed by atoms with Gasteiger partial charge in [-0.1, -0.05) is 5.16 Å². The van der Waals surface area contributed by atoms with Crippen molar-refractivity contribution >= 4 is 5.91 Å². The highest BCUT2D eigenvalue weighted by atomic mass is 16.5. The second-order valence-corrected chi connectivity index (χ2v) is 6.45. The lowest BCUT2D eigenvalue weighted by Gasteiger charge is -2.33. The van der Waals surface area contributed by atoms with Gasteiger partial charge in [-0.05, 0) is 32.2 Å². The molecule has 0 aliphatic carbocycles. The molecule has 0 bridgehead atoms. The third kappa shape index (κ3) is 3.72. The molecule has 0 saturated carbocycles. The summed E-state index contributed by atoms with van der Waals surface area (Å²) in [5.74, 6) is 1.55. The average molecular weight is 322 g/mol. The van der Waals surface area contributed by atoms with Crippen molar-refractivity contribution in [2.24, 2.45) is 0 Å². The van der Waals surface area contributed by atoms with E-state index in [0.29, 0.717) is 43.4 Å². The van der Waals surface area contributed by atoms with Crippen LogP contribution in [0.2, 0.25) is 0 Å². The molecule has 0 unspecified atom stereocenters. The molecule has 2 aliphatic rings. The number of amides is 1. The van der Waals surface area contributed by atoms with E-state index in [9.17, 15) is 4.79 Å². The molecule has 0 N–H and O–H groups in total. The molecule has 3 heterocycles. The largest absolute Gasteiger partial charge is 0.384 e. The highest BCUT2D eigenvalue weighted by Crippen LogP contribution is 2.30. The van der Waals surface area contributed by atoms with E-state index in [4.69, 9.17) is 9.26 Å². The van der Waals surface area contributed by atoms with E-state index in [2.05, 4.69) is 15.0 Å². The molecule has 7 nitrogen and oxygen atoms in total. The predicted octanol–water partition coefficient (Wildman–Crippen LogP) is 1.23. The molecule has 23 heavy (non-hydrogen) atoms. The van der Waals surface area contributed by atoms with Crippen LogP contribution in [0.4, 0.5) is 0 Å². The number of methoxy groups -OCH3 is 1. The number of rotatable bonds is 6. The molecule has 0 radical (unpaired) electrons. The molecule has 2 atom stereocenters. The molecule has 7 heteroatoms. The van der Waals surface area contributed by atoms with E-state index in [1.807, 2.05) is 4.90 Å². The van der Waals surface area contributed by atoms with Crippen LogP contribution in [0.15, 0.2) is 4.52 Å². The summed E-state index contributed by atoms with van der Waals surface area (Å²) in [6.45, 7) is 4.88. The first-order chi connectivity index (χ1) is 11.2. The van der Waals surface area contributed by atoms with Crippen molar-refractivity contribution in [2.75, 3.05) is 26.8 Å². The number of aromatic nitrogens is 2. The third-order valence-corrected chi connectivity index (χ3v) is 4.94. The highest BCUT2D eigenvalue weighted by molar-refractivity contribution is 5.74. The van der Waals surface area contributed by atoms with Crippen LogP contribution >= 0.6 is 0 Å². The van der Waals surface area contributed by atoms with Crippen molar-refractivity contribution in [1.29, 1.82) is 0 Å². The molecule has 2 fully saturated rings. The van der Waals surface area contributed by atoms with Crippen molar-refractivity contribution in [3.05, 3.63) is 11.7 Å². The number of carbonyl (C=O) groups is 1. The van der Waals surface area contributed by atoms with Gasteiger partial charge in [-0.2, -0.15) is 4.98 Å². The van der Waals surface area contributed by atoms with Gasteiger partial charge in [-0.3, -0.25) is 9.69 Å². The van der Waals surface area contributed by atoms with E-state index >= 15 is 0 Å². The van der Waals surface area contributed by atoms with E-state index in [0.717, 1.165) is 38.8 Å². The first-order valence-corrected chi connectivity index (χ1v) is 8.50. The van der Waals surface area contributed by atoms with Gasteiger partial charge < -0.3 is 14.2 Å². The number of hydrogen-bond donors (Lipinski definition) is 0. The number of nitrogens with zero attached hydrogens (tertiary/aromatic N) is 4. The summed E-state index contributed by atoms with van der Waals surface area (Å²) in [5, 5.41) is 4.00. The van der Waals surface area contributed by atoms with Crippen LogP contribution < -0.4 is 0 Å². The number of ether oxygens (including phenoxy) is 1. The van der Waals surface area contributed by atoms with Gasteiger partial charge in [0.15, 0.2) is 5.82 Å². The van der Waals surface area contributed by atoms with Crippen LogP contribution in [-0.4, -0.2) is 64.7 Å². The molecular formula is C16H26N4O3. The number of carbonyl (C=O) groups excluding carboxylic acids is 1. The minimum atomic E-state index is 0.194. The Bertz CT molecular complexity index is 533. The van der Waals surface area contributed by atoms with Gasteiger partial charge in [0.1, 0.15) is 0 Å². The lowest BCUT2D eigenvalue weighted by Crippen LogP contribution is -2.47. The van der Waals surface area contributed by atoms with Crippen LogP contribution in [-0.2, 0) is 22.5 Å². The fourth-order valence-electron chi connectivity index (χ4n) is 3.89. The third-order valence-electron chi connectivity index (χ3n) is 4.94. The van der Waals surface area contributed by atoms with Crippen LogP contribution in [0.3, 0.4) is 0 Å². The van der Waals surface area contributed by atoms with Crippen LogP contribution in [0.1, 0.15) is 44.3 Å². The van der Waals surface area contributed by atoms with Crippen molar-refractivity contribution in [2.45, 2.75) is 57.7 Å². The Labute approximate surface area is 137 Å². The maximum Gasteiger partial charge on any atom is 0.240 e. The summed E-state index contributed by atoms with van der Waals surface area (Å²) in [5.41, 5.74) is 0. The summed E-state index contributed by atoms with van der Waals surface area (Å²) in [6, 6.07) is 0.751. The number of hydrogen-bond acceptors (Lipinski definition) is 6. The first-order valence-electron chi connectivity index (χ1n) is 8.50. The Morgan fingerprint density at radius 3 is 2.87 bits per heavy atom. The molecule has 0 spiro atoms. The Morgan fingerprint density at radius 2 is 2.09 bits per heavy atom. The Hall–Kier alpha value is -1.47. The summed E-state index contributed by atoms with van der Waals surface area (Å²) >= 11 is 0. The molecule has 2 saturated heterocycles. The molecule has 1 aromatic heterocycles. The van der Waals surface area contributed by atoms with Gasteiger partial charge in [0, 0.05) is 39.1 Å². The lowest BCUT2D eigenvalue weighted by molar-refractivity contribution is -0.130. The fraction of sp³-hybridized carbons (Fsp3) is 0.812. The van der Waals surface area contributed by atoms with Crippen molar-refractivity contribution in [1.82, 2.24) is 19.9 Å². The second-order valence-electron chi connectivity index (χ2n) is 6.45. The zero-order chi connectivity index (χ0) is 16.2. The Balaban J connectivity index is 1.62. The summed E-state index contributed by atoms with van der Waals surface area (Å²) in [6.07, 6.45) is 5.18. The molecule has 1 amide bonds. The van der Waals surface area contributed by atoms with Crippen molar-refractivity contribution in [3.8, 4) is 0 Å². The topological polar surface area (TPSA) is 71.7 Å². The van der Waals surface area contributed by atoms with Crippen LogP contribution in [0.5, 0.6) is 0 Å². The highest BCUT2D eigenvalue weighted by Gasteiger charge is 2.39. The van der Waals surface area contributed by atoms with Gasteiger partial charge in [0.05, 0.1) is 13.2 Å². The molecule has 1 aromatic rings. The van der Waals surface area contributed by atoms with Gasteiger partial charge in [-0.25, -0.2) is 0 Å². The monoisotopic (exact) mass is 322 g/mol. The Kier molecular flexibility index (Phi) is 5.27. The lowest BCUT2D eigenvalue weighted by atomic mass is 10.0. The summed E-state index contributed by atoms with van der Waals surface area (Å²) < 4.78 is 10.4. The standard InChI is InChI=1S/C16H26N4O3/c1-12(21)20-9-4-6-14(20)13-5-3-8-19(13)11-16-17-15(18-23-16)7-10-22-2/h13-14H,3-11H2,1-2H3/t13-,14+/m0/s1. The maximum absolute atomic E-state index is 11.8. The molecule has 3 rings (SSSR count). The summed E-state index contributed by atoms with van der Waals surface area (Å²) in [7, 11) is 1.66. The van der Waals surface area contributed by atoms with Gasteiger partial charge in [0.2, 0.25) is 11.8 Å². The fourth-order valence-corrected chi connectivity index (χ4v) is 3.89. The molecule has 0 aromatic carbocycles. The zero-order valence-corrected chi connectivity index (χ0v) is 14.0. The van der Waals surface area contributed by atoms with Crippen LogP contribution in [0, 0.1) is 0 Å². The van der Waals surface area contributed by atoms with Gasteiger partial charge in [0.25, 0.3) is 0 Å². The normalized spacial score (nSPS) is 25.4.